The predicted octanol–water partition coefficient (Wildman–Crippen LogP) is 2.47. The Morgan fingerprint density at radius 3 is 2.76 bits per heavy atom. The maximum atomic E-state index is 12.7. The van der Waals surface area contributed by atoms with Gasteiger partial charge < -0.3 is 10.0 Å². The van der Waals surface area contributed by atoms with E-state index in [0.29, 0.717) is 19.0 Å². The van der Waals surface area contributed by atoms with Crippen molar-refractivity contribution >= 4 is 16.8 Å². The number of hydrogen-bond donors (Lipinski definition) is 1. The van der Waals surface area contributed by atoms with Gasteiger partial charge in [-0.3, -0.25) is 9.78 Å². The number of amides is 1. The summed E-state index contributed by atoms with van der Waals surface area (Å²) >= 11 is 0. The zero-order valence-electron chi connectivity index (χ0n) is 12.2. The van der Waals surface area contributed by atoms with Gasteiger partial charge in [-0.05, 0) is 43.9 Å². The first-order valence-electron chi connectivity index (χ1n) is 7.48. The summed E-state index contributed by atoms with van der Waals surface area (Å²) in [6.45, 7) is 3.26. The Morgan fingerprint density at radius 2 is 2.05 bits per heavy atom. The molecule has 2 aromatic rings. The molecule has 1 amide bonds. The van der Waals surface area contributed by atoms with Crippen LogP contribution in [0.1, 0.15) is 30.1 Å². The molecule has 4 nitrogen and oxygen atoms in total. The number of carbonyl (C=O) groups excluding carboxylic acids is 1. The third-order valence-electron chi connectivity index (χ3n) is 4.39. The molecule has 0 aliphatic carbocycles. The number of hydrogen-bond acceptors (Lipinski definition) is 3. The summed E-state index contributed by atoms with van der Waals surface area (Å²) in [4.78, 5) is 18.9. The first-order chi connectivity index (χ1) is 10.2. The Bertz CT molecular complexity index is 641. The fourth-order valence-corrected chi connectivity index (χ4v) is 3.05. The molecule has 21 heavy (non-hydrogen) atoms. The van der Waals surface area contributed by atoms with Gasteiger partial charge in [-0.25, -0.2) is 0 Å². The highest BCUT2D eigenvalue weighted by molar-refractivity contribution is 6.06. The molecule has 1 unspecified atom stereocenters. The number of rotatable bonds is 2. The molecule has 1 fully saturated rings. The Hall–Kier alpha value is -1.94. The van der Waals surface area contributed by atoms with Crippen LogP contribution in [0.2, 0.25) is 0 Å². The van der Waals surface area contributed by atoms with Gasteiger partial charge in [0.15, 0.2) is 0 Å². The molecule has 0 saturated carbocycles. The van der Waals surface area contributed by atoms with Crippen LogP contribution in [-0.4, -0.2) is 40.1 Å². The zero-order chi connectivity index (χ0) is 14.8. The number of benzene rings is 1. The van der Waals surface area contributed by atoms with E-state index in [0.717, 1.165) is 29.3 Å². The van der Waals surface area contributed by atoms with Crippen LogP contribution in [0.4, 0.5) is 0 Å². The van der Waals surface area contributed by atoms with Gasteiger partial charge in [-0.2, -0.15) is 0 Å². The smallest absolute Gasteiger partial charge is 0.254 e. The van der Waals surface area contributed by atoms with E-state index in [1.807, 2.05) is 42.2 Å². The Labute approximate surface area is 124 Å². The van der Waals surface area contributed by atoms with Crippen molar-refractivity contribution in [3.8, 4) is 0 Å². The first-order valence-corrected chi connectivity index (χ1v) is 7.48. The Kier molecular flexibility index (Phi) is 3.88. The van der Waals surface area contributed by atoms with Crippen molar-refractivity contribution in [1.29, 1.82) is 0 Å². The zero-order valence-corrected chi connectivity index (χ0v) is 12.2. The molecule has 0 bridgehead atoms. The number of likely N-dealkylation sites (tertiary alicyclic amines) is 1. The van der Waals surface area contributed by atoms with Gasteiger partial charge in [0.1, 0.15) is 0 Å². The van der Waals surface area contributed by atoms with Crippen molar-refractivity contribution in [2.45, 2.75) is 25.9 Å². The van der Waals surface area contributed by atoms with Gasteiger partial charge in [0.05, 0.1) is 11.6 Å². The van der Waals surface area contributed by atoms with Crippen molar-refractivity contribution in [3.63, 3.8) is 0 Å². The molecule has 1 aromatic heterocycles. The fourth-order valence-electron chi connectivity index (χ4n) is 3.05. The molecule has 0 radical (unpaired) electrons. The van der Waals surface area contributed by atoms with Crippen LogP contribution in [-0.2, 0) is 0 Å². The van der Waals surface area contributed by atoms with Crippen molar-refractivity contribution < 1.29 is 9.90 Å². The van der Waals surface area contributed by atoms with E-state index in [1.54, 1.807) is 6.20 Å². The van der Waals surface area contributed by atoms with Crippen LogP contribution in [0.15, 0.2) is 36.5 Å². The number of aliphatic hydroxyl groups excluding tert-OH is 1. The van der Waals surface area contributed by atoms with E-state index in [-0.39, 0.29) is 12.0 Å². The standard InChI is InChI=1S/C17H20N2O2/c1-12(20)13-7-10-19(11-8-13)17(21)15-4-2-6-16-14(15)5-3-9-18-16/h2-6,9,12-13,20H,7-8,10-11H2,1H3. The molecule has 2 heterocycles. The number of aliphatic hydroxyl groups is 1. The number of pyridine rings is 1. The highest BCUT2D eigenvalue weighted by Gasteiger charge is 2.26. The van der Waals surface area contributed by atoms with E-state index in [2.05, 4.69) is 4.98 Å². The summed E-state index contributed by atoms with van der Waals surface area (Å²) in [7, 11) is 0. The highest BCUT2D eigenvalue weighted by Crippen LogP contribution is 2.24. The van der Waals surface area contributed by atoms with Crippen LogP contribution in [0.5, 0.6) is 0 Å². The molecular formula is C17H20N2O2. The molecule has 1 aliphatic heterocycles. The highest BCUT2D eigenvalue weighted by atomic mass is 16.3. The molecule has 3 rings (SSSR count). The third kappa shape index (κ3) is 2.76. The Morgan fingerprint density at radius 1 is 1.29 bits per heavy atom. The number of fused-ring (bicyclic) bond motifs is 1. The van der Waals surface area contributed by atoms with Crippen LogP contribution >= 0.6 is 0 Å². The SMILES string of the molecule is CC(O)C1CCN(C(=O)c2cccc3ncccc23)CC1. The molecule has 110 valence electrons. The minimum atomic E-state index is -0.288. The van der Waals surface area contributed by atoms with Crippen LogP contribution < -0.4 is 0 Å². The molecule has 1 atom stereocenters. The molecule has 0 spiro atoms. The fraction of sp³-hybridized carbons (Fsp3) is 0.412. The lowest BCUT2D eigenvalue weighted by Crippen LogP contribution is -2.40. The minimum Gasteiger partial charge on any atom is -0.393 e. The summed E-state index contributed by atoms with van der Waals surface area (Å²) < 4.78 is 0. The minimum absolute atomic E-state index is 0.0673. The van der Waals surface area contributed by atoms with Gasteiger partial charge in [-0.1, -0.05) is 12.1 Å². The van der Waals surface area contributed by atoms with Gasteiger partial charge in [-0.15, -0.1) is 0 Å². The molecule has 1 aromatic carbocycles. The van der Waals surface area contributed by atoms with Gasteiger partial charge >= 0.3 is 0 Å². The van der Waals surface area contributed by atoms with Crippen LogP contribution in [0.25, 0.3) is 10.9 Å². The molecule has 1 N–H and O–H groups in total. The second-order valence-electron chi connectivity index (χ2n) is 5.75. The lowest BCUT2D eigenvalue weighted by atomic mass is 9.92. The number of piperidine rings is 1. The normalized spacial score (nSPS) is 17.9. The van der Waals surface area contributed by atoms with Gasteiger partial charge in [0, 0.05) is 30.2 Å². The van der Waals surface area contributed by atoms with E-state index in [9.17, 15) is 9.90 Å². The maximum absolute atomic E-state index is 12.7. The second-order valence-corrected chi connectivity index (χ2v) is 5.75. The van der Waals surface area contributed by atoms with E-state index < -0.39 is 0 Å². The van der Waals surface area contributed by atoms with E-state index in [1.165, 1.54) is 0 Å². The quantitative estimate of drug-likeness (QED) is 0.921. The van der Waals surface area contributed by atoms with Crippen molar-refractivity contribution in [2.75, 3.05) is 13.1 Å². The number of nitrogens with zero attached hydrogens (tertiary/aromatic N) is 2. The van der Waals surface area contributed by atoms with Gasteiger partial charge in [0.2, 0.25) is 0 Å². The average Bonchev–Trinajstić information content (AvgIpc) is 2.53. The largest absolute Gasteiger partial charge is 0.393 e. The number of carbonyl (C=O) groups is 1. The van der Waals surface area contributed by atoms with E-state index in [4.69, 9.17) is 0 Å². The van der Waals surface area contributed by atoms with Crippen molar-refractivity contribution in [2.24, 2.45) is 5.92 Å². The summed E-state index contributed by atoms with van der Waals surface area (Å²) in [6.07, 6.45) is 3.19. The first kappa shape index (κ1) is 14.0. The van der Waals surface area contributed by atoms with Crippen LogP contribution in [0.3, 0.4) is 0 Å². The molecule has 1 saturated heterocycles. The van der Waals surface area contributed by atoms with Crippen molar-refractivity contribution in [3.05, 3.63) is 42.1 Å². The molecular weight excluding hydrogens is 264 g/mol. The lowest BCUT2D eigenvalue weighted by molar-refractivity contribution is 0.0523. The summed E-state index contributed by atoms with van der Waals surface area (Å²) in [5, 5.41) is 10.6. The number of aromatic nitrogens is 1. The predicted molar refractivity (Wildman–Crippen MR) is 82.1 cm³/mol. The van der Waals surface area contributed by atoms with Gasteiger partial charge in [0.25, 0.3) is 5.91 Å². The summed E-state index contributed by atoms with van der Waals surface area (Å²) in [6, 6.07) is 9.47. The molecule has 1 aliphatic rings. The summed E-state index contributed by atoms with van der Waals surface area (Å²) in [5.74, 6) is 0.376. The average molecular weight is 284 g/mol. The third-order valence-corrected chi connectivity index (χ3v) is 4.39. The molecule has 4 heteroatoms. The van der Waals surface area contributed by atoms with Crippen LogP contribution in [0, 0.1) is 5.92 Å². The van der Waals surface area contributed by atoms with Crippen molar-refractivity contribution in [1.82, 2.24) is 9.88 Å². The van der Waals surface area contributed by atoms with E-state index >= 15 is 0 Å². The topological polar surface area (TPSA) is 53.4 Å². The lowest BCUT2D eigenvalue weighted by Gasteiger charge is -2.33. The second kappa shape index (κ2) is 5.82. The maximum Gasteiger partial charge on any atom is 0.254 e. The summed E-state index contributed by atoms with van der Waals surface area (Å²) in [5.41, 5.74) is 1.57. The Balaban J connectivity index is 1.82. The monoisotopic (exact) mass is 284 g/mol.